The van der Waals surface area contributed by atoms with Crippen molar-refractivity contribution in [3.63, 3.8) is 0 Å². The number of nitrogens with zero attached hydrogens (tertiary/aromatic N) is 6. The Kier molecular flexibility index (Phi) is 7.09. The van der Waals surface area contributed by atoms with Gasteiger partial charge < -0.3 is 20.6 Å². The van der Waals surface area contributed by atoms with Crippen LogP contribution in [0.5, 0.6) is 0 Å². The molecule has 0 bridgehead atoms. The molecule has 3 N–H and O–H groups in total. The van der Waals surface area contributed by atoms with Crippen molar-refractivity contribution >= 4 is 40.4 Å². The van der Waals surface area contributed by atoms with E-state index in [1.807, 2.05) is 50.8 Å². The van der Waals surface area contributed by atoms with Gasteiger partial charge in [-0.2, -0.15) is 4.98 Å². The number of nitrogens with two attached hydrogens (primary N) is 1. The summed E-state index contributed by atoms with van der Waals surface area (Å²) in [7, 11) is 0. The van der Waals surface area contributed by atoms with Crippen LogP contribution in [0.1, 0.15) is 37.8 Å². The van der Waals surface area contributed by atoms with Crippen LogP contribution in [-0.2, 0) is 0 Å². The second-order valence-corrected chi connectivity index (χ2v) is 10.7. The van der Waals surface area contributed by atoms with Crippen LogP contribution >= 0.6 is 11.6 Å². The first-order valence-electron chi connectivity index (χ1n) is 12.9. The highest BCUT2D eigenvalue weighted by Gasteiger charge is 2.31. The molecule has 1 aliphatic rings. The highest BCUT2D eigenvalue weighted by molar-refractivity contribution is 6.33. The van der Waals surface area contributed by atoms with Crippen molar-refractivity contribution < 1.29 is 14.3 Å². The number of anilines is 2. The molecule has 0 aliphatic carbocycles. The molecule has 0 spiro atoms. The number of pyridine rings is 2. The number of hydrogen-bond donors (Lipinski definition) is 2. The predicted octanol–water partition coefficient (Wildman–Crippen LogP) is 4.84. The summed E-state index contributed by atoms with van der Waals surface area (Å²) in [6.07, 6.45) is -1.02. The van der Waals surface area contributed by atoms with Gasteiger partial charge in [0.25, 0.3) is 0 Å². The second-order valence-electron chi connectivity index (χ2n) is 10.2. The average Bonchev–Trinajstić information content (AvgIpc) is 2.90. The van der Waals surface area contributed by atoms with E-state index in [-0.39, 0.29) is 65.3 Å². The van der Waals surface area contributed by atoms with E-state index in [2.05, 4.69) is 15.0 Å². The van der Waals surface area contributed by atoms with E-state index in [4.69, 9.17) is 17.3 Å². The van der Waals surface area contributed by atoms with E-state index in [9.17, 15) is 14.7 Å². The number of fused-ring (bicyclic) bond motifs is 1. The summed E-state index contributed by atoms with van der Waals surface area (Å²) in [5.41, 5.74) is 7.69. The number of aryl methyl sites for hydroxylation is 1. The summed E-state index contributed by atoms with van der Waals surface area (Å²) < 4.78 is 17.2. The van der Waals surface area contributed by atoms with Gasteiger partial charge in [-0.1, -0.05) is 43.6 Å². The molecule has 12 heteroatoms. The van der Waals surface area contributed by atoms with Gasteiger partial charge in [-0.3, -0.25) is 0 Å². The Morgan fingerprint density at radius 1 is 1.15 bits per heavy atom. The minimum absolute atomic E-state index is 0.0516. The fraction of sp³-hybridized carbons (Fsp3) is 0.321. The van der Waals surface area contributed by atoms with E-state index >= 15 is 4.39 Å². The van der Waals surface area contributed by atoms with Gasteiger partial charge in [-0.05, 0) is 49.1 Å². The lowest BCUT2D eigenvalue weighted by atomic mass is 9.98. The first-order chi connectivity index (χ1) is 19.0. The van der Waals surface area contributed by atoms with Crippen molar-refractivity contribution in [2.75, 3.05) is 30.3 Å². The number of nitrogen functional groups attached to an aromatic ring is 1. The van der Waals surface area contributed by atoms with Gasteiger partial charge in [0.2, 0.25) is 0 Å². The Morgan fingerprint density at radius 3 is 2.58 bits per heavy atom. The molecule has 1 saturated heterocycles. The zero-order chi connectivity index (χ0) is 28.9. The molecule has 1 atom stereocenters. The topological polar surface area (TPSA) is 130 Å². The molecule has 0 saturated carbocycles. The number of hydrogen-bond acceptors (Lipinski definition) is 7. The summed E-state index contributed by atoms with van der Waals surface area (Å²) in [6, 6.07) is 9.71. The fourth-order valence-electron chi connectivity index (χ4n) is 5.21. The molecule has 3 aromatic heterocycles. The standard InChI is InChI=1S/C28H29ClFN7O3/c1-14(2)17-7-5-6-15(3)24(17)37-26-18(12-20(30)23(33-26)22-19(29)8-9-21(31)32-22)25(34-27(37)38)36-11-10-35(28(39)40)13-16(36)4/h5-9,12,14,16H,10-11,13H2,1-4H3,(H2,31,32)(H,39,40)/t16-/m0/s1. The Hall–Kier alpha value is -4.25. The van der Waals surface area contributed by atoms with Gasteiger partial charge in [0.15, 0.2) is 11.5 Å². The molecule has 0 unspecified atom stereocenters. The highest BCUT2D eigenvalue weighted by atomic mass is 35.5. The summed E-state index contributed by atoms with van der Waals surface area (Å²) >= 11 is 6.38. The maximum Gasteiger partial charge on any atom is 0.407 e. The zero-order valence-corrected chi connectivity index (χ0v) is 23.3. The molecule has 1 aromatic carbocycles. The van der Waals surface area contributed by atoms with Gasteiger partial charge in [-0.25, -0.2) is 28.5 Å². The van der Waals surface area contributed by atoms with Crippen molar-refractivity contribution in [3.8, 4) is 17.1 Å². The number of amides is 1. The number of benzene rings is 1. The van der Waals surface area contributed by atoms with Crippen LogP contribution in [0.15, 0.2) is 41.2 Å². The molecule has 0 radical (unpaired) electrons. The maximum atomic E-state index is 15.8. The minimum Gasteiger partial charge on any atom is -0.465 e. The number of rotatable bonds is 4. The monoisotopic (exact) mass is 565 g/mol. The Balaban J connectivity index is 1.85. The number of aromatic nitrogens is 4. The van der Waals surface area contributed by atoms with Crippen LogP contribution in [0.3, 0.4) is 0 Å². The lowest BCUT2D eigenvalue weighted by molar-refractivity contribution is 0.136. The highest BCUT2D eigenvalue weighted by Crippen LogP contribution is 2.35. The number of halogens is 2. The summed E-state index contributed by atoms with van der Waals surface area (Å²) in [5, 5.41) is 9.91. The molecule has 10 nitrogen and oxygen atoms in total. The molecule has 40 heavy (non-hydrogen) atoms. The number of piperazine rings is 1. The Morgan fingerprint density at radius 2 is 1.90 bits per heavy atom. The molecule has 5 rings (SSSR count). The molecule has 1 amide bonds. The average molecular weight is 566 g/mol. The molecule has 4 aromatic rings. The van der Waals surface area contributed by atoms with Gasteiger partial charge in [-0.15, -0.1) is 0 Å². The number of carboxylic acid groups (broad SMARTS) is 1. The van der Waals surface area contributed by atoms with Crippen LogP contribution < -0.4 is 16.3 Å². The summed E-state index contributed by atoms with van der Waals surface area (Å²) in [6.45, 7) is 8.44. The Bertz CT molecular complexity index is 1710. The minimum atomic E-state index is -1.02. The lowest BCUT2D eigenvalue weighted by Crippen LogP contribution is -2.54. The quantitative estimate of drug-likeness (QED) is 0.359. The maximum absolute atomic E-state index is 15.8. The third-order valence-corrected chi connectivity index (χ3v) is 7.48. The van der Waals surface area contributed by atoms with Gasteiger partial charge >= 0.3 is 11.8 Å². The summed E-state index contributed by atoms with van der Waals surface area (Å²) in [5.74, 6) is -0.283. The van der Waals surface area contributed by atoms with Gasteiger partial charge in [0.05, 0.1) is 16.1 Å². The van der Waals surface area contributed by atoms with Crippen LogP contribution in [0.25, 0.3) is 28.1 Å². The summed E-state index contributed by atoms with van der Waals surface area (Å²) in [4.78, 5) is 41.9. The molecule has 4 heterocycles. The van der Waals surface area contributed by atoms with E-state index in [1.54, 1.807) is 0 Å². The van der Waals surface area contributed by atoms with Crippen molar-refractivity contribution in [3.05, 3.63) is 68.8 Å². The van der Waals surface area contributed by atoms with Crippen molar-refractivity contribution in [1.29, 1.82) is 0 Å². The molecule has 1 aliphatic heterocycles. The molecule has 208 valence electrons. The van der Waals surface area contributed by atoms with Crippen LogP contribution in [0, 0.1) is 12.7 Å². The first-order valence-corrected chi connectivity index (χ1v) is 13.3. The van der Waals surface area contributed by atoms with Crippen molar-refractivity contribution in [1.82, 2.24) is 24.4 Å². The van der Waals surface area contributed by atoms with Crippen LogP contribution in [0.4, 0.5) is 20.8 Å². The van der Waals surface area contributed by atoms with E-state index in [1.165, 1.54) is 27.7 Å². The van der Waals surface area contributed by atoms with Crippen LogP contribution in [0.2, 0.25) is 5.02 Å². The Labute approximate surface area is 234 Å². The largest absolute Gasteiger partial charge is 0.465 e. The molecule has 1 fully saturated rings. The van der Waals surface area contributed by atoms with Crippen molar-refractivity contribution in [2.24, 2.45) is 0 Å². The number of carbonyl (C=O) groups is 1. The third-order valence-electron chi connectivity index (χ3n) is 7.18. The lowest BCUT2D eigenvalue weighted by Gasteiger charge is -2.39. The second kappa shape index (κ2) is 10.4. The zero-order valence-electron chi connectivity index (χ0n) is 22.5. The third kappa shape index (κ3) is 4.70. The van der Waals surface area contributed by atoms with Crippen LogP contribution in [-0.4, -0.2) is 61.3 Å². The van der Waals surface area contributed by atoms with E-state index in [0.29, 0.717) is 11.1 Å². The molecular formula is C28H29ClFN7O3. The first kappa shape index (κ1) is 27.3. The SMILES string of the molecule is Cc1cccc(C(C)C)c1-n1c(=O)nc(N2CCN(C(=O)O)C[C@@H]2C)c2cc(F)c(-c3nc(N)ccc3Cl)nc21. The normalized spacial score (nSPS) is 15.7. The fourth-order valence-corrected chi connectivity index (χ4v) is 5.41. The van der Waals surface area contributed by atoms with Gasteiger partial charge in [0, 0.05) is 25.7 Å². The van der Waals surface area contributed by atoms with Gasteiger partial charge in [0.1, 0.15) is 23.0 Å². The predicted molar refractivity (Wildman–Crippen MR) is 153 cm³/mol. The number of para-hydroxylation sites is 1. The van der Waals surface area contributed by atoms with E-state index in [0.717, 1.165) is 11.1 Å². The van der Waals surface area contributed by atoms with E-state index < -0.39 is 17.6 Å². The molecular weight excluding hydrogens is 537 g/mol. The van der Waals surface area contributed by atoms with Crippen molar-refractivity contribution in [2.45, 2.75) is 39.7 Å². The smallest absolute Gasteiger partial charge is 0.407 e.